The summed E-state index contributed by atoms with van der Waals surface area (Å²) < 4.78 is 15.8. The predicted molar refractivity (Wildman–Crippen MR) is 99.7 cm³/mol. The highest BCUT2D eigenvalue weighted by atomic mass is 32.1. The molecule has 0 unspecified atom stereocenters. The number of benzene rings is 3. The fourth-order valence-corrected chi connectivity index (χ4v) is 2.81. The first kappa shape index (κ1) is 15.4. The molecule has 4 rings (SSSR count). The Bertz CT molecular complexity index is 1140. The van der Waals surface area contributed by atoms with Gasteiger partial charge in [-0.2, -0.15) is 14.9 Å². The molecule has 0 radical (unpaired) electrons. The van der Waals surface area contributed by atoms with Gasteiger partial charge in [-0.1, -0.05) is 48.5 Å². The second-order valence-corrected chi connectivity index (χ2v) is 5.88. The number of hydrogen-bond acceptors (Lipinski definition) is 3. The van der Waals surface area contributed by atoms with Crippen LogP contribution in [0.5, 0.6) is 0 Å². The molecule has 4 aromatic rings. The minimum absolute atomic E-state index is 0.301. The molecule has 1 aromatic heterocycles. The van der Waals surface area contributed by atoms with Crippen LogP contribution in [0.1, 0.15) is 5.56 Å². The molecule has 0 fully saturated rings. The molecular formula is C19H13FN4S. The second kappa shape index (κ2) is 6.41. The van der Waals surface area contributed by atoms with E-state index in [-0.39, 0.29) is 5.82 Å². The van der Waals surface area contributed by atoms with Crippen LogP contribution < -0.4 is 0 Å². The van der Waals surface area contributed by atoms with Gasteiger partial charge in [0.25, 0.3) is 0 Å². The van der Waals surface area contributed by atoms with Gasteiger partial charge in [-0.3, -0.25) is 0 Å². The van der Waals surface area contributed by atoms with Crippen LogP contribution in [0, 0.1) is 10.6 Å². The highest BCUT2D eigenvalue weighted by molar-refractivity contribution is 7.71. The summed E-state index contributed by atoms with van der Waals surface area (Å²) in [6.45, 7) is 0. The number of fused-ring (bicyclic) bond motifs is 1. The maximum Gasteiger partial charge on any atom is 0.216 e. The Labute approximate surface area is 148 Å². The van der Waals surface area contributed by atoms with Gasteiger partial charge >= 0.3 is 0 Å². The van der Waals surface area contributed by atoms with Gasteiger partial charge in [0.2, 0.25) is 4.77 Å². The quantitative estimate of drug-likeness (QED) is 0.428. The Balaban J connectivity index is 1.75. The average Bonchev–Trinajstić information content (AvgIpc) is 3.00. The van der Waals surface area contributed by atoms with E-state index in [9.17, 15) is 4.39 Å². The van der Waals surface area contributed by atoms with Crippen molar-refractivity contribution in [2.24, 2.45) is 5.10 Å². The van der Waals surface area contributed by atoms with Crippen molar-refractivity contribution in [3.8, 4) is 11.4 Å². The van der Waals surface area contributed by atoms with Crippen molar-refractivity contribution in [1.29, 1.82) is 0 Å². The van der Waals surface area contributed by atoms with E-state index < -0.39 is 0 Å². The summed E-state index contributed by atoms with van der Waals surface area (Å²) in [7, 11) is 0. The Morgan fingerprint density at radius 3 is 2.60 bits per heavy atom. The smallest absolute Gasteiger partial charge is 0.216 e. The molecular weight excluding hydrogens is 335 g/mol. The topological polar surface area (TPSA) is 46.0 Å². The van der Waals surface area contributed by atoms with E-state index in [0.717, 1.165) is 16.3 Å². The number of halogens is 1. The monoisotopic (exact) mass is 348 g/mol. The van der Waals surface area contributed by atoms with Crippen molar-refractivity contribution in [1.82, 2.24) is 14.9 Å². The first-order valence-electron chi connectivity index (χ1n) is 7.68. The fraction of sp³-hybridized carbons (Fsp3) is 0. The second-order valence-electron chi connectivity index (χ2n) is 5.50. The molecule has 0 atom stereocenters. The summed E-state index contributed by atoms with van der Waals surface area (Å²) in [6.07, 6.45) is 1.68. The van der Waals surface area contributed by atoms with Gasteiger partial charge in [-0.15, -0.1) is 0 Å². The maximum absolute atomic E-state index is 14.0. The Morgan fingerprint density at radius 1 is 1.00 bits per heavy atom. The predicted octanol–water partition coefficient (Wildman–Crippen LogP) is 4.78. The van der Waals surface area contributed by atoms with Gasteiger partial charge < -0.3 is 0 Å². The number of aromatic nitrogens is 3. The summed E-state index contributed by atoms with van der Waals surface area (Å²) in [5.74, 6) is -0.0428. The van der Waals surface area contributed by atoms with Gasteiger partial charge in [0.1, 0.15) is 5.82 Å². The molecule has 0 saturated heterocycles. The van der Waals surface area contributed by atoms with Crippen LogP contribution in [0.4, 0.5) is 4.39 Å². The lowest BCUT2D eigenvalue weighted by Crippen LogP contribution is -1.96. The molecule has 0 saturated carbocycles. The van der Waals surface area contributed by atoms with Crippen LogP contribution in [0.15, 0.2) is 71.8 Å². The molecule has 4 nitrogen and oxygen atoms in total. The highest BCUT2D eigenvalue weighted by Gasteiger charge is 2.12. The molecule has 0 aliphatic heterocycles. The molecule has 25 heavy (non-hydrogen) atoms. The first-order valence-corrected chi connectivity index (χ1v) is 8.09. The molecule has 0 spiro atoms. The number of hydrogen-bond donors (Lipinski definition) is 1. The number of nitrogens with zero attached hydrogens (tertiary/aromatic N) is 3. The molecule has 1 N–H and O–H groups in total. The number of aromatic amines is 1. The minimum atomic E-state index is -0.376. The summed E-state index contributed by atoms with van der Waals surface area (Å²) in [5.41, 5.74) is 1.26. The van der Waals surface area contributed by atoms with Crippen molar-refractivity contribution in [2.45, 2.75) is 0 Å². The first-order chi connectivity index (χ1) is 12.2. The van der Waals surface area contributed by atoms with Crippen LogP contribution in [-0.2, 0) is 0 Å². The SMILES string of the molecule is Fc1ccccc1-c1n[nH]c(=S)n1/N=C\c1ccc2ccccc2c1. The number of H-pyrrole nitrogens is 1. The van der Waals surface area contributed by atoms with Crippen LogP contribution in [-0.4, -0.2) is 21.1 Å². The molecule has 122 valence electrons. The number of nitrogens with one attached hydrogen (secondary N) is 1. The van der Waals surface area contributed by atoms with Crippen LogP contribution in [0.3, 0.4) is 0 Å². The van der Waals surface area contributed by atoms with E-state index in [1.54, 1.807) is 24.4 Å². The standard InChI is InChI=1S/C19H13FN4S/c20-17-8-4-3-7-16(17)18-22-23-19(25)24(18)21-12-13-9-10-14-5-1-2-6-15(14)11-13/h1-12H,(H,23,25)/b21-12-. The molecule has 0 aliphatic carbocycles. The van der Waals surface area contributed by atoms with Gasteiger partial charge in [-0.05, 0) is 46.8 Å². The van der Waals surface area contributed by atoms with Crippen molar-refractivity contribution < 1.29 is 4.39 Å². The number of rotatable bonds is 3. The maximum atomic E-state index is 14.0. The molecule has 0 bridgehead atoms. The normalized spacial score (nSPS) is 11.4. The van der Waals surface area contributed by atoms with Crippen molar-refractivity contribution in [2.75, 3.05) is 0 Å². The summed E-state index contributed by atoms with van der Waals surface area (Å²) in [4.78, 5) is 0. The van der Waals surface area contributed by atoms with E-state index in [0.29, 0.717) is 16.2 Å². The third-order valence-corrected chi connectivity index (χ3v) is 4.13. The van der Waals surface area contributed by atoms with Gasteiger partial charge in [-0.25, -0.2) is 9.49 Å². The molecule has 0 aliphatic rings. The van der Waals surface area contributed by atoms with Crippen molar-refractivity contribution >= 4 is 29.2 Å². The lowest BCUT2D eigenvalue weighted by Gasteiger charge is -2.02. The van der Waals surface area contributed by atoms with Crippen molar-refractivity contribution in [3.05, 3.63) is 82.9 Å². The molecule has 0 amide bonds. The Hall–Kier alpha value is -3.12. The zero-order chi connectivity index (χ0) is 17.2. The van der Waals surface area contributed by atoms with Crippen molar-refractivity contribution in [3.63, 3.8) is 0 Å². The molecule has 1 heterocycles. The van der Waals surface area contributed by atoms with Crippen LogP contribution in [0.2, 0.25) is 0 Å². The van der Waals surface area contributed by atoms with Gasteiger partial charge in [0.15, 0.2) is 5.82 Å². The summed E-state index contributed by atoms with van der Waals surface area (Å²) in [5, 5.41) is 13.4. The third kappa shape index (κ3) is 2.99. The molecule has 6 heteroatoms. The van der Waals surface area contributed by atoms with Gasteiger partial charge in [0.05, 0.1) is 11.8 Å². The third-order valence-electron chi connectivity index (χ3n) is 3.86. The zero-order valence-electron chi connectivity index (χ0n) is 13.1. The minimum Gasteiger partial charge on any atom is -0.250 e. The van der Waals surface area contributed by atoms with Crippen LogP contribution >= 0.6 is 12.2 Å². The van der Waals surface area contributed by atoms with E-state index >= 15 is 0 Å². The lowest BCUT2D eigenvalue weighted by atomic mass is 10.1. The summed E-state index contributed by atoms with van der Waals surface area (Å²) in [6, 6.07) is 20.5. The van der Waals surface area contributed by atoms with E-state index in [2.05, 4.69) is 21.4 Å². The Kier molecular flexibility index (Phi) is 3.95. The van der Waals surface area contributed by atoms with Crippen LogP contribution in [0.25, 0.3) is 22.2 Å². The van der Waals surface area contributed by atoms with E-state index in [4.69, 9.17) is 12.2 Å². The largest absolute Gasteiger partial charge is 0.250 e. The average molecular weight is 348 g/mol. The fourth-order valence-electron chi connectivity index (χ4n) is 2.63. The lowest BCUT2D eigenvalue weighted by molar-refractivity contribution is 0.628. The molecule has 3 aromatic carbocycles. The Morgan fingerprint density at radius 2 is 1.76 bits per heavy atom. The van der Waals surface area contributed by atoms with Gasteiger partial charge in [0, 0.05) is 0 Å². The highest BCUT2D eigenvalue weighted by Crippen LogP contribution is 2.21. The van der Waals surface area contributed by atoms with E-state index in [1.165, 1.54) is 10.7 Å². The zero-order valence-corrected chi connectivity index (χ0v) is 13.9. The van der Waals surface area contributed by atoms with E-state index in [1.807, 2.05) is 36.4 Å². The summed E-state index contributed by atoms with van der Waals surface area (Å²) >= 11 is 5.22.